The largest absolute Gasteiger partial charge is 0.495 e. The molecule has 1 N–H and O–H groups in total. The Balaban J connectivity index is 1.99. The minimum absolute atomic E-state index is 0.0986. The van der Waals surface area contributed by atoms with Crippen LogP contribution in [0.2, 0.25) is 0 Å². The van der Waals surface area contributed by atoms with Gasteiger partial charge in [0.15, 0.2) is 0 Å². The van der Waals surface area contributed by atoms with Crippen molar-refractivity contribution in [2.24, 2.45) is 0 Å². The first kappa shape index (κ1) is 19.4. The fourth-order valence-corrected chi connectivity index (χ4v) is 2.57. The van der Waals surface area contributed by atoms with Gasteiger partial charge in [-0.15, -0.1) is 0 Å². The molecule has 0 saturated heterocycles. The third kappa shape index (κ3) is 5.31. The van der Waals surface area contributed by atoms with Crippen molar-refractivity contribution in [2.45, 2.75) is 20.3 Å². The zero-order chi connectivity index (χ0) is 19.1. The zero-order valence-electron chi connectivity index (χ0n) is 15.2. The number of carbonyl (C=O) groups excluding carboxylic acids is 2. The number of ether oxygens (including phenoxy) is 1. The molecule has 0 bridgehead atoms. The second-order valence-electron chi connectivity index (χ2n) is 6.01. The number of nitrogens with one attached hydrogen (secondary N) is 1. The lowest BCUT2D eigenvalue weighted by Gasteiger charge is -2.23. The van der Waals surface area contributed by atoms with Gasteiger partial charge in [-0.05, 0) is 48.7 Å². The highest BCUT2D eigenvalue weighted by atomic mass is 19.1. The summed E-state index contributed by atoms with van der Waals surface area (Å²) >= 11 is 0. The van der Waals surface area contributed by atoms with Crippen LogP contribution in [-0.2, 0) is 16.0 Å². The average Bonchev–Trinajstić information content (AvgIpc) is 2.61. The average molecular weight is 358 g/mol. The monoisotopic (exact) mass is 358 g/mol. The number of nitrogens with zero attached hydrogens (tertiary/aromatic N) is 1. The molecule has 26 heavy (non-hydrogen) atoms. The van der Waals surface area contributed by atoms with Crippen LogP contribution in [0.25, 0.3) is 0 Å². The molecular weight excluding hydrogens is 335 g/mol. The van der Waals surface area contributed by atoms with Gasteiger partial charge in [-0.1, -0.05) is 18.2 Å². The molecule has 2 rings (SSSR count). The smallest absolute Gasteiger partial charge is 0.240 e. The van der Waals surface area contributed by atoms with Crippen molar-refractivity contribution in [1.82, 2.24) is 5.32 Å². The van der Waals surface area contributed by atoms with Crippen LogP contribution in [0, 0.1) is 12.7 Å². The Morgan fingerprint density at radius 1 is 1.15 bits per heavy atom. The Bertz CT molecular complexity index is 775. The molecule has 0 aliphatic rings. The Morgan fingerprint density at radius 2 is 1.85 bits per heavy atom. The molecule has 0 unspecified atom stereocenters. The van der Waals surface area contributed by atoms with Crippen molar-refractivity contribution in [3.05, 3.63) is 59.4 Å². The van der Waals surface area contributed by atoms with Crippen molar-refractivity contribution in [3.63, 3.8) is 0 Å². The molecule has 0 atom stereocenters. The number of amides is 2. The number of carbonyl (C=O) groups is 2. The zero-order valence-corrected chi connectivity index (χ0v) is 15.2. The first-order chi connectivity index (χ1) is 12.4. The van der Waals surface area contributed by atoms with Crippen LogP contribution in [-0.4, -0.2) is 32.0 Å². The SMILES string of the molecule is COc1ccc(C)cc1N(CC(=O)NCCc1ccc(F)cc1)C(C)=O. The number of hydrogen-bond donors (Lipinski definition) is 1. The van der Waals surface area contributed by atoms with Crippen LogP contribution in [0.1, 0.15) is 18.1 Å². The van der Waals surface area contributed by atoms with Crippen molar-refractivity contribution >= 4 is 17.5 Å². The highest BCUT2D eigenvalue weighted by Gasteiger charge is 2.19. The van der Waals surface area contributed by atoms with Crippen molar-refractivity contribution < 1.29 is 18.7 Å². The normalized spacial score (nSPS) is 10.3. The topological polar surface area (TPSA) is 58.6 Å². The summed E-state index contributed by atoms with van der Waals surface area (Å²) in [6.45, 7) is 3.62. The molecule has 138 valence electrons. The quantitative estimate of drug-likeness (QED) is 0.828. The summed E-state index contributed by atoms with van der Waals surface area (Å²) in [7, 11) is 1.52. The molecule has 5 nitrogen and oxygen atoms in total. The predicted molar refractivity (Wildman–Crippen MR) is 98.9 cm³/mol. The molecule has 0 saturated carbocycles. The van der Waals surface area contributed by atoms with Crippen LogP contribution in [0.15, 0.2) is 42.5 Å². The lowest BCUT2D eigenvalue weighted by Crippen LogP contribution is -2.40. The lowest BCUT2D eigenvalue weighted by atomic mass is 10.1. The van der Waals surface area contributed by atoms with E-state index in [1.807, 2.05) is 19.1 Å². The van der Waals surface area contributed by atoms with Gasteiger partial charge in [0, 0.05) is 13.5 Å². The lowest BCUT2D eigenvalue weighted by molar-refractivity contribution is -0.123. The highest BCUT2D eigenvalue weighted by Crippen LogP contribution is 2.29. The molecule has 0 aliphatic heterocycles. The van der Waals surface area contributed by atoms with Crippen LogP contribution >= 0.6 is 0 Å². The Hall–Kier alpha value is -2.89. The maximum Gasteiger partial charge on any atom is 0.240 e. The number of rotatable bonds is 7. The third-order valence-corrected chi connectivity index (χ3v) is 3.96. The van der Waals surface area contributed by atoms with Gasteiger partial charge in [-0.2, -0.15) is 0 Å². The molecule has 2 amide bonds. The van der Waals surface area contributed by atoms with Gasteiger partial charge < -0.3 is 10.1 Å². The van der Waals surface area contributed by atoms with Crippen molar-refractivity contribution in [2.75, 3.05) is 25.1 Å². The van der Waals surface area contributed by atoms with E-state index in [0.717, 1.165) is 11.1 Å². The highest BCUT2D eigenvalue weighted by molar-refractivity contribution is 5.98. The fourth-order valence-electron chi connectivity index (χ4n) is 2.57. The van der Waals surface area contributed by atoms with Crippen molar-refractivity contribution in [1.29, 1.82) is 0 Å². The fraction of sp³-hybridized carbons (Fsp3) is 0.300. The predicted octanol–water partition coefficient (Wildman–Crippen LogP) is 2.85. The van der Waals surface area contributed by atoms with E-state index in [9.17, 15) is 14.0 Å². The Morgan fingerprint density at radius 3 is 2.46 bits per heavy atom. The van der Waals surface area contributed by atoms with Gasteiger partial charge in [-0.25, -0.2) is 4.39 Å². The summed E-state index contributed by atoms with van der Waals surface area (Å²) in [5.74, 6) is -0.277. The summed E-state index contributed by atoms with van der Waals surface area (Å²) < 4.78 is 18.2. The Kier molecular flexibility index (Phi) is 6.72. The van der Waals surface area contributed by atoms with Crippen LogP contribution in [0.3, 0.4) is 0 Å². The molecule has 0 radical (unpaired) electrons. The summed E-state index contributed by atoms with van der Waals surface area (Å²) in [6.07, 6.45) is 0.583. The van der Waals surface area contributed by atoms with Gasteiger partial charge in [-0.3, -0.25) is 14.5 Å². The van der Waals surface area contributed by atoms with E-state index in [4.69, 9.17) is 4.74 Å². The van der Waals surface area contributed by atoms with Gasteiger partial charge >= 0.3 is 0 Å². The summed E-state index contributed by atoms with van der Waals surface area (Å²) in [5.41, 5.74) is 2.45. The molecule has 0 aromatic heterocycles. The number of halogens is 1. The second kappa shape index (κ2) is 8.99. The number of hydrogen-bond acceptors (Lipinski definition) is 3. The minimum Gasteiger partial charge on any atom is -0.495 e. The third-order valence-electron chi connectivity index (χ3n) is 3.96. The van der Waals surface area contributed by atoms with E-state index in [1.165, 1.54) is 31.1 Å². The first-order valence-corrected chi connectivity index (χ1v) is 8.34. The number of aryl methyl sites for hydroxylation is 1. The van der Waals surface area contributed by atoms with E-state index in [0.29, 0.717) is 24.4 Å². The first-order valence-electron chi connectivity index (χ1n) is 8.34. The van der Waals surface area contributed by atoms with Gasteiger partial charge in [0.1, 0.15) is 18.1 Å². The standard InChI is InChI=1S/C20H23FN2O3/c1-14-4-9-19(26-3)18(12-14)23(15(2)24)13-20(25)22-11-10-16-5-7-17(21)8-6-16/h4-9,12H,10-11,13H2,1-3H3,(H,22,25). The Labute approximate surface area is 152 Å². The number of methoxy groups -OCH3 is 1. The molecule has 2 aromatic carbocycles. The van der Waals surface area contributed by atoms with Gasteiger partial charge in [0.2, 0.25) is 11.8 Å². The summed E-state index contributed by atoms with van der Waals surface area (Å²) in [4.78, 5) is 25.7. The van der Waals surface area contributed by atoms with E-state index >= 15 is 0 Å². The maximum absolute atomic E-state index is 12.9. The van der Waals surface area contributed by atoms with E-state index in [1.54, 1.807) is 18.2 Å². The molecule has 2 aromatic rings. The molecule has 6 heteroatoms. The molecule has 0 aliphatic carbocycles. The summed E-state index contributed by atoms with van der Waals surface area (Å²) in [6, 6.07) is 11.6. The number of benzene rings is 2. The van der Waals surface area contributed by atoms with Crippen LogP contribution < -0.4 is 15.0 Å². The van der Waals surface area contributed by atoms with E-state index < -0.39 is 0 Å². The summed E-state index contributed by atoms with van der Waals surface area (Å²) in [5, 5.41) is 2.79. The van der Waals surface area contributed by atoms with Gasteiger partial charge in [0.25, 0.3) is 0 Å². The minimum atomic E-state index is -0.290. The van der Waals surface area contributed by atoms with Crippen LogP contribution in [0.4, 0.5) is 10.1 Å². The van der Waals surface area contributed by atoms with Crippen molar-refractivity contribution in [3.8, 4) is 5.75 Å². The molecule has 0 spiro atoms. The van der Waals surface area contributed by atoms with E-state index in [2.05, 4.69) is 5.32 Å². The maximum atomic E-state index is 12.9. The molecule has 0 fully saturated rings. The second-order valence-corrected chi connectivity index (χ2v) is 6.01. The van der Waals surface area contributed by atoms with E-state index in [-0.39, 0.29) is 24.2 Å². The molecule has 0 heterocycles. The van der Waals surface area contributed by atoms with Gasteiger partial charge in [0.05, 0.1) is 12.8 Å². The number of anilines is 1. The molecular formula is C20H23FN2O3. The van der Waals surface area contributed by atoms with Crippen LogP contribution in [0.5, 0.6) is 5.75 Å².